The maximum absolute atomic E-state index is 12.5. The van der Waals surface area contributed by atoms with Gasteiger partial charge in [0, 0.05) is 23.9 Å². The van der Waals surface area contributed by atoms with Gasteiger partial charge in [0.05, 0.1) is 24.9 Å². The topological polar surface area (TPSA) is 64.9 Å². The number of pyridine rings is 1. The van der Waals surface area contributed by atoms with E-state index in [1.54, 1.807) is 28.9 Å². The van der Waals surface area contributed by atoms with Crippen molar-refractivity contribution in [2.75, 3.05) is 13.2 Å². The number of benzene rings is 1. The SMILES string of the molecule is CCOc1ccc(C(=O)NCc2cnn3ccccc23)cc1OCC. The van der Waals surface area contributed by atoms with Crippen LogP contribution in [-0.2, 0) is 6.54 Å². The molecule has 0 aliphatic carbocycles. The van der Waals surface area contributed by atoms with Crippen LogP contribution >= 0.6 is 0 Å². The Morgan fingerprint density at radius 3 is 2.72 bits per heavy atom. The van der Waals surface area contributed by atoms with Crippen LogP contribution in [0.25, 0.3) is 5.52 Å². The predicted molar refractivity (Wildman–Crippen MR) is 95.1 cm³/mol. The summed E-state index contributed by atoms with van der Waals surface area (Å²) in [4.78, 5) is 12.5. The third-order valence-electron chi connectivity index (χ3n) is 3.75. The van der Waals surface area contributed by atoms with Crippen LogP contribution in [0.4, 0.5) is 0 Å². The minimum Gasteiger partial charge on any atom is -0.490 e. The number of nitrogens with zero attached hydrogens (tertiary/aromatic N) is 2. The summed E-state index contributed by atoms with van der Waals surface area (Å²) in [5.74, 6) is 1.05. The van der Waals surface area contributed by atoms with Crippen LogP contribution in [0.15, 0.2) is 48.8 Å². The Bertz CT molecular complexity index is 873. The van der Waals surface area contributed by atoms with Crippen molar-refractivity contribution in [2.24, 2.45) is 0 Å². The molecule has 2 aromatic heterocycles. The van der Waals surface area contributed by atoms with Gasteiger partial charge in [-0.25, -0.2) is 4.52 Å². The van der Waals surface area contributed by atoms with Crippen molar-refractivity contribution < 1.29 is 14.3 Å². The normalized spacial score (nSPS) is 10.6. The lowest BCUT2D eigenvalue weighted by atomic mass is 10.1. The number of amides is 1. The molecule has 3 rings (SSSR count). The van der Waals surface area contributed by atoms with Crippen LogP contribution in [0.5, 0.6) is 11.5 Å². The second-order valence-electron chi connectivity index (χ2n) is 5.41. The minimum atomic E-state index is -0.167. The largest absolute Gasteiger partial charge is 0.490 e. The van der Waals surface area contributed by atoms with Gasteiger partial charge in [-0.3, -0.25) is 4.79 Å². The molecule has 0 saturated carbocycles. The Morgan fingerprint density at radius 2 is 1.92 bits per heavy atom. The summed E-state index contributed by atoms with van der Waals surface area (Å²) in [5, 5.41) is 7.19. The summed E-state index contributed by atoms with van der Waals surface area (Å²) in [7, 11) is 0. The van der Waals surface area contributed by atoms with Crippen molar-refractivity contribution in [3.05, 3.63) is 59.9 Å². The molecule has 25 heavy (non-hydrogen) atoms. The zero-order valence-electron chi connectivity index (χ0n) is 14.4. The van der Waals surface area contributed by atoms with Crippen molar-refractivity contribution in [3.8, 4) is 11.5 Å². The lowest BCUT2D eigenvalue weighted by Crippen LogP contribution is -2.22. The predicted octanol–water partition coefficient (Wildman–Crippen LogP) is 3.06. The number of carbonyl (C=O) groups is 1. The average molecular weight is 339 g/mol. The fourth-order valence-corrected chi connectivity index (χ4v) is 2.59. The molecule has 0 spiro atoms. The van der Waals surface area contributed by atoms with Crippen LogP contribution in [-0.4, -0.2) is 28.7 Å². The zero-order chi connectivity index (χ0) is 17.6. The van der Waals surface area contributed by atoms with Crippen LogP contribution in [0, 0.1) is 0 Å². The highest BCUT2D eigenvalue weighted by Crippen LogP contribution is 2.28. The lowest BCUT2D eigenvalue weighted by molar-refractivity contribution is 0.0950. The van der Waals surface area contributed by atoms with E-state index in [2.05, 4.69) is 10.4 Å². The third kappa shape index (κ3) is 3.74. The van der Waals surface area contributed by atoms with Gasteiger partial charge in [-0.15, -0.1) is 0 Å². The standard InChI is InChI=1S/C19H21N3O3/c1-3-24-17-9-8-14(11-18(17)25-4-2)19(23)20-12-15-13-21-22-10-6-5-7-16(15)22/h5-11,13H,3-4,12H2,1-2H3,(H,20,23). The fraction of sp³-hybridized carbons (Fsp3) is 0.263. The van der Waals surface area contributed by atoms with E-state index in [1.165, 1.54) is 0 Å². The van der Waals surface area contributed by atoms with Gasteiger partial charge in [0.1, 0.15) is 0 Å². The van der Waals surface area contributed by atoms with Gasteiger partial charge in [-0.2, -0.15) is 5.10 Å². The number of hydrogen-bond acceptors (Lipinski definition) is 4. The number of carbonyl (C=O) groups excluding carboxylic acids is 1. The van der Waals surface area contributed by atoms with Crippen LogP contribution in [0.3, 0.4) is 0 Å². The molecule has 0 aliphatic heterocycles. The smallest absolute Gasteiger partial charge is 0.251 e. The first-order valence-corrected chi connectivity index (χ1v) is 8.32. The van der Waals surface area contributed by atoms with E-state index in [4.69, 9.17) is 9.47 Å². The highest BCUT2D eigenvalue weighted by Gasteiger charge is 2.12. The van der Waals surface area contributed by atoms with E-state index < -0.39 is 0 Å². The molecule has 1 N–H and O–H groups in total. The number of ether oxygens (including phenoxy) is 2. The minimum absolute atomic E-state index is 0.167. The highest BCUT2D eigenvalue weighted by atomic mass is 16.5. The molecule has 0 bridgehead atoms. The summed E-state index contributed by atoms with van der Waals surface area (Å²) >= 11 is 0. The quantitative estimate of drug-likeness (QED) is 0.718. The van der Waals surface area contributed by atoms with E-state index in [1.807, 2.05) is 38.2 Å². The summed E-state index contributed by atoms with van der Waals surface area (Å²) in [6, 6.07) is 11.0. The van der Waals surface area contributed by atoms with Gasteiger partial charge in [0.25, 0.3) is 5.91 Å². The lowest BCUT2D eigenvalue weighted by Gasteiger charge is -2.12. The Kier molecular flexibility index (Phi) is 5.18. The van der Waals surface area contributed by atoms with Gasteiger partial charge < -0.3 is 14.8 Å². The van der Waals surface area contributed by atoms with E-state index >= 15 is 0 Å². The number of fused-ring (bicyclic) bond motifs is 1. The Labute approximate surface area is 146 Å². The van der Waals surface area contributed by atoms with Crippen LogP contribution in [0.2, 0.25) is 0 Å². The van der Waals surface area contributed by atoms with E-state index in [0.29, 0.717) is 36.8 Å². The fourth-order valence-electron chi connectivity index (χ4n) is 2.59. The Morgan fingerprint density at radius 1 is 1.12 bits per heavy atom. The molecular weight excluding hydrogens is 318 g/mol. The summed E-state index contributed by atoms with van der Waals surface area (Å²) in [6.07, 6.45) is 3.64. The molecule has 2 heterocycles. The van der Waals surface area contributed by atoms with Gasteiger partial charge in [-0.1, -0.05) is 6.07 Å². The second-order valence-corrected chi connectivity index (χ2v) is 5.41. The highest BCUT2D eigenvalue weighted by molar-refractivity contribution is 5.95. The van der Waals surface area contributed by atoms with E-state index in [9.17, 15) is 4.79 Å². The first kappa shape index (κ1) is 16.8. The molecule has 0 radical (unpaired) electrons. The molecular formula is C19H21N3O3. The molecule has 0 aliphatic rings. The molecule has 0 atom stereocenters. The Balaban J connectivity index is 1.73. The molecule has 1 aromatic carbocycles. The molecule has 0 saturated heterocycles. The molecule has 0 unspecified atom stereocenters. The maximum Gasteiger partial charge on any atom is 0.251 e. The molecule has 130 valence electrons. The first-order valence-electron chi connectivity index (χ1n) is 8.32. The van der Waals surface area contributed by atoms with Crippen LogP contribution < -0.4 is 14.8 Å². The molecule has 3 aromatic rings. The zero-order valence-corrected chi connectivity index (χ0v) is 14.4. The van der Waals surface area contributed by atoms with E-state index in [0.717, 1.165) is 11.1 Å². The second kappa shape index (κ2) is 7.70. The first-order chi connectivity index (χ1) is 12.2. The number of rotatable bonds is 7. The molecule has 6 nitrogen and oxygen atoms in total. The van der Waals surface area contributed by atoms with Crippen molar-refractivity contribution in [2.45, 2.75) is 20.4 Å². The number of aromatic nitrogens is 2. The molecule has 1 amide bonds. The van der Waals surface area contributed by atoms with Crippen molar-refractivity contribution >= 4 is 11.4 Å². The summed E-state index contributed by atoms with van der Waals surface area (Å²) < 4.78 is 12.9. The number of nitrogens with one attached hydrogen (secondary N) is 1. The third-order valence-corrected chi connectivity index (χ3v) is 3.75. The average Bonchev–Trinajstić information content (AvgIpc) is 3.05. The summed E-state index contributed by atoms with van der Waals surface area (Å²) in [5.41, 5.74) is 2.47. The summed E-state index contributed by atoms with van der Waals surface area (Å²) in [6.45, 7) is 5.26. The van der Waals surface area contributed by atoms with Gasteiger partial charge in [-0.05, 0) is 44.2 Å². The van der Waals surface area contributed by atoms with Crippen molar-refractivity contribution in [1.29, 1.82) is 0 Å². The maximum atomic E-state index is 12.5. The van der Waals surface area contributed by atoms with Crippen molar-refractivity contribution in [3.63, 3.8) is 0 Å². The van der Waals surface area contributed by atoms with Gasteiger partial charge in [0.2, 0.25) is 0 Å². The Hall–Kier alpha value is -3.02. The van der Waals surface area contributed by atoms with Gasteiger partial charge >= 0.3 is 0 Å². The molecule has 6 heteroatoms. The van der Waals surface area contributed by atoms with E-state index in [-0.39, 0.29) is 5.91 Å². The van der Waals surface area contributed by atoms with Crippen molar-refractivity contribution in [1.82, 2.24) is 14.9 Å². The van der Waals surface area contributed by atoms with Crippen LogP contribution in [0.1, 0.15) is 29.8 Å². The molecule has 0 fully saturated rings. The monoisotopic (exact) mass is 339 g/mol. The van der Waals surface area contributed by atoms with Gasteiger partial charge in [0.15, 0.2) is 11.5 Å². The number of hydrogen-bond donors (Lipinski definition) is 1.